The number of benzene rings is 2. The summed E-state index contributed by atoms with van der Waals surface area (Å²) in [6.07, 6.45) is 2.92. The second kappa shape index (κ2) is 10.1. The lowest BCUT2D eigenvalue weighted by molar-refractivity contribution is 0.649. The Balaban J connectivity index is 0.00000240. The Hall–Kier alpha value is -2.06. The third-order valence-corrected chi connectivity index (χ3v) is 5.35. The molecule has 1 unspecified atom stereocenters. The molecule has 1 atom stereocenters. The Labute approximate surface area is 193 Å². The van der Waals surface area contributed by atoms with Crippen molar-refractivity contribution in [3.63, 3.8) is 0 Å². The molecular weight excluding hydrogens is 497 g/mol. The topological polar surface area (TPSA) is 52.6 Å². The van der Waals surface area contributed by atoms with E-state index in [2.05, 4.69) is 43.7 Å². The van der Waals surface area contributed by atoms with Gasteiger partial charge in [0.1, 0.15) is 0 Å². The van der Waals surface area contributed by atoms with E-state index in [1.807, 2.05) is 49.6 Å². The summed E-state index contributed by atoms with van der Waals surface area (Å²) in [5.74, 6) is 0.818. The van der Waals surface area contributed by atoms with Crippen LogP contribution in [0, 0.1) is 0 Å². The molecule has 4 rings (SSSR count). The van der Waals surface area contributed by atoms with Crippen LogP contribution in [0.1, 0.15) is 12.0 Å². The minimum Gasteiger partial charge on any atom is -0.369 e. The molecule has 2 N–H and O–H groups in total. The quantitative estimate of drug-likeness (QED) is 0.303. The Morgan fingerprint density at radius 2 is 2.07 bits per heavy atom. The van der Waals surface area contributed by atoms with Crippen molar-refractivity contribution in [2.75, 3.05) is 25.0 Å². The molecule has 0 bridgehead atoms. The number of fused-ring (bicyclic) bond motifs is 1. The van der Waals surface area contributed by atoms with E-state index in [0.29, 0.717) is 12.6 Å². The molecular formula is C22H25ClIN5. The SMILES string of the molecule is CN=C(NCc1ccnc2ccccc12)NC1CCN(c2cccc(Cl)c2)C1.I. The van der Waals surface area contributed by atoms with Crippen LogP contribution in [0.4, 0.5) is 5.69 Å². The van der Waals surface area contributed by atoms with Gasteiger partial charge in [-0.1, -0.05) is 35.9 Å². The van der Waals surface area contributed by atoms with Gasteiger partial charge in [-0.25, -0.2) is 0 Å². The average Bonchev–Trinajstić information content (AvgIpc) is 3.19. The summed E-state index contributed by atoms with van der Waals surface area (Å²) in [5, 5.41) is 8.93. The Bertz CT molecular complexity index is 988. The number of nitrogens with one attached hydrogen (secondary N) is 2. The summed E-state index contributed by atoms with van der Waals surface area (Å²) in [6.45, 7) is 2.64. The molecule has 3 aromatic rings. The summed E-state index contributed by atoms with van der Waals surface area (Å²) in [5.41, 5.74) is 3.39. The van der Waals surface area contributed by atoms with Crippen molar-refractivity contribution in [3.05, 3.63) is 71.4 Å². The van der Waals surface area contributed by atoms with Crippen LogP contribution in [-0.2, 0) is 6.54 Å². The van der Waals surface area contributed by atoms with Crippen LogP contribution < -0.4 is 15.5 Å². The lowest BCUT2D eigenvalue weighted by Crippen LogP contribution is -2.44. The van der Waals surface area contributed by atoms with Gasteiger partial charge >= 0.3 is 0 Å². The van der Waals surface area contributed by atoms with Crippen molar-refractivity contribution >= 4 is 58.1 Å². The van der Waals surface area contributed by atoms with E-state index >= 15 is 0 Å². The fourth-order valence-electron chi connectivity index (χ4n) is 3.66. The van der Waals surface area contributed by atoms with Crippen molar-refractivity contribution in [1.29, 1.82) is 0 Å². The van der Waals surface area contributed by atoms with Crippen LogP contribution in [0.2, 0.25) is 5.02 Å². The van der Waals surface area contributed by atoms with E-state index in [9.17, 15) is 0 Å². The molecule has 0 amide bonds. The molecule has 2 aromatic carbocycles. The minimum atomic E-state index is 0. The van der Waals surface area contributed by atoms with Gasteiger partial charge in [-0.05, 0) is 42.3 Å². The number of aliphatic imine (C=N–C) groups is 1. The summed E-state index contributed by atoms with van der Waals surface area (Å²) in [6, 6.07) is 18.6. The second-order valence-corrected chi connectivity index (χ2v) is 7.41. The van der Waals surface area contributed by atoms with E-state index in [-0.39, 0.29) is 24.0 Å². The lowest BCUT2D eigenvalue weighted by atomic mass is 10.1. The number of guanidine groups is 1. The molecule has 0 spiro atoms. The van der Waals surface area contributed by atoms with E-state index in [0.717, 1.165) is 36.0 Å². The fraction of sp³-hybridized carbons (Fsp3) is 0.273. The monoisotopic (exact) mass is 521 g/mol. The highest BCUT2D eigenvalue weighted by atomic mass is 127. The lowest BCUT2D eigenvalue weighted by Gasteiger charge is -2.20. The number of pyridine rings is 1. The summed E-state index contributed by atoms with van der Waals surface area (Å²) < 4.78 is 0. The molecule has 1 aliphatic rings. The van der Waals surface area contributed by atoms with Crippen molar-refractivity contribution in [2.24, 2.45) is 4.99 Å². The summed E-state index contributed by atoms with van der Waals surface area (Å²) in [7, 11) is 1.81. The zero-order valence-corrected chi connectivity index (χ0v) is 19.4. The minimum absolute atomic E-state index is 0. The van der Waals surface area contributed by atoms with Crippen LogP contribution >= 0.6 is 35.6 Å². The first kappa shape index (κ1) is 21.6. The number of halogens is 2. The van der Waals surface area contributed by atoms with Crippen LogP contribution in [0.3, 0.4) is 0 Å². The number of anilines is 1. The Kier molecular flexibility index (Phi) is 7.55. The molecule has 7 heteroatoms. The first-order valence-corrected chi connectivity index (χ1v) is 9.91. The molecule has 1 fully saturated rings. The standard InChI is InChI=1S/C22H24ClN5.HI/c1-24-22(26-14-16-9-11-25-21-8-3-2-7-20(16)21)27-18-10-12-28(15-18)19-6-4-5-17(23)13-19;/h2-9,11,13,18H,10,12,14-15H2,1H3,(H2,24,26,27);1H. The highest BCUT2D eigenvalue weighted by Gasteiger charge is 2.23. The third-order valence-electron chi connectivity index (χ3n) is 5.11. The molecule has 2 heterocycles. The molecule has 152 valence electrons. The second-order valence-electron chi connectivity index (χ2n) is 6.97. The summed E-state index contributed by atoms with van der Waals surface area (Å²) in [4.78, 5) is 11.2. The molecule has 1 aromatic heterocycles. The number of hydrogen-bond donors (Lipinski definition) is 2. The molecule has 29 heavy (non-hydrogen) atoms. The third kappa shape index (κ3) is 5.30. The molecule has 0 radical (unpaired) electrons. The van der Waals surface area contributed by atoms with Gasteiger partial charge < -0.3 is 15.5 Å². The number of nitrogens with zero attached hydrogens (tertiary/aromatic N) is 3. The molecule has 1 saturated heterocycles. The maximum atomic E-state index is 6.13. The van der Waals surface area contributed by atoms with Crippen molar-refractivity contribution in [1.82, 2.24) is 15.6 Å². The molecule has 1 aliphatic heterocycles. The van der Waals surface area contributed by atoms with Crippen LogP contribution in [0.25, 0.3) is 10.9 Å². The number of rotatable bonds is 4. The van der Waals surface area contributed by atoms with Gasteiger partial charge in [0.25, 0.3) is 0 Å². The molecule has 0 saturated carbocycles. The molecule has 5 nitrogen and oxygen atoms in total. The van der Waals surface area contributed by atoms with Crippen LogP contribution in [0.15, 0.2) is 65.8 Å². The van der Waals surface area contributed by atoms with Gasteiger partial charge in [-0.2, -0.15) is 0 Å². The van der Waals surface area contributed by atoms with Crippen molar-refractivity contribution in [2.45, 2.75) is 19.0 Å². The fourth-order valence-corrected chi connectivity index (χ4v) is 3.85. The van der Waals surface area contributed by atoms with E-state index < -0.39 is 0 Å². The first-order chi connectivity index (χ1) is 13.7. The van der Waals surface area contributed by atoms with E-state index in [1.165, 1.54) is 16.6 Å². The number of para-hydroxylation sites is 1. The van der Waals surface area contributed by atoms with Crippen molar-refractivity contribution < 1.29 is 0 Å². The zero-order valence-electron chi connectivity index (χ0n) is 16.3. The zero-order chi connectivity index (χ0) is 19.3. The van der Waals surface area contributed by atoms with Gasteiger partial charge in [-0.3, -0.25) is 9.98 Å². The van der Waals surface area contributed by atoms with Crippen molar-refractivity contribution in [3.8, 4) is 0 Å². The first-order valence-electron chi connectivity index (χ1n) is 9.53. The van der Waals surface area contributed by atoms with Gasteiger partial charge in [0, 0.05) is 55.0 Å². The smallest absolute Gasteiger partial charge is 0.191 e. The van der Waals surface area contributed by atoms with Gasteiger partial charge in [0.2, 0.25) is 0 Å². The number of hydrogen-bond acceptors (Lipinski definition) is 3. The highest BCUT2D eigenvalue weighted by Crippen LogP contribution is 2.23. The Morgan fingerprint density at radius 1 is 1.21 bits per heavy atom. The predicted molar refractivity (Wildman–Crippen MR) is 133 cm³/mol. The molecule has 0 aliphatic carbocycles. The van der Waals surface area contributed by atoms with Crippen LogP contribution in [-0.4, -0.2) is 37.1 Å². The Morgan fingerprint density at radius 3 is 2.90 bits per heavy atom. The van der Waals surface area contributed by atoms with Gasteiger partial charge in [0.15, 0.2) is 5.96 Å². The van der Waals surface area contributed by atoms with Gasteiger partial charge in [-0.15, -0.1) is 24.0 Å². The maximum absolute atomic E-state index is 6.13. The normalized spacial score (nSPS) is 16.6. The van der Waals surface area contributed by atoms with E-state index in [4.69, 9.17) is 11.6 Å². The maximum Gasteiger partial charge on any atom is 0.191 e. The summed E-state index contributed by atoms with van der Waals surface area (Å²) >= 11 is 6.13. The van der Waals surface area contributed by atoms with Gasteiger partial charge in [0.05, 0.1) is 5.52 Å². The average molecular weight is 522 g/mol. The van der Waals surface area contributed by atoms with Crippen LogP contribution in [0.5, 0.6) is 0 Å². The van der Waals surface area contributed by atoms with E-state index in [1.54, 1.807) is 0 Å². The largest absolute Gasteiger partial charge is 0.369 e. The predicted octanol–water partition coefficient (Wildman–Crippen LogP) is 4.45. The highest BCUT2D eigenvalue weighted by molar-refractivity contribution is 14.0. The number of aromatic nitrogens is 1.